The number of allylic oxidation sites excluding steroid dienone is 1. The lowest BCUT2D eigenvalue weighted by atomic mass is 9.86. The number of hydrogen-bond donors (Lipinski definition) is 0. The SMILES string of the molecule is C[C@@H]1C(=O)CC[C@H]1[C@@H](C)/C=C/P1(=O)N(C)[C@@H]2CCCC[C@H]2N1C. The third kappa shape index (κ3) is 2.88. The van der Waals surface area contributed by atoms with Crippen LogP contribution in [0.4, 0.5) is 0 Å². The molecular formula is C18H31N2O2P. The fourth-order valence-corrected chi connectivity index (χ4v) is 7.71. The van der Waals surface area contributed by atoms with E-state index in [0.717, 1.165) is 19.3 Å². The molecule has 5 atom stereocenters. The van der Waals surface area contributed by atoms with Crippen LogP contribution in [0.25, 0.3) is 0 Å². The number of hydrogen-bond acceptors (Lipinski definition) is 2. The van der Waals surface area contributed by atoms with Gasteiger partial charge in [-0.1, -0.05) is 32.8 Å². The van der Waals surface area contributed by atoms with Crippen LogP contribution in [0, 0.1) is 17.8 Å². The van der Waals surface area contributed by atoms with Gasteiger partial charge in [0.1, 0.15) is 5.78 Å². The summed E-state index contributed by atoms with van der Waals surface area (Å²) in [4.78, 5) is 11.8. The van der Waals surface area contributed by atoms with Crippen LogP contribution in [-0.2, 0) is 9.36 Å². The van der Waals surface area contributed by atoms with Crippen LogP contribution in [0.2, 0.25) is 0 Å². The van der Waals surface area contributed by atoms with E-state index in [4.69, 9.17) is 0 Å². The fraction of sp³-hybridized carbons (Fsp3) is 0.833. The Morgan fingerprint density at radius 3 is 2.17 bits per heavy atom. The summed E-state index contributed by atoms with van der Waals surface area (Å²) in [7, 11) is 1.48. The number of carbonyl (C=O) groups excluding carboxylic acids is 1. The molecule has 0 spiro atoms. The lowest BCUT2D eigenvalue weighted by Gasteiger charge is -2.28. The Kier molecular flexibility index (Phi) is 4.88. The minimum absolute atomic E-state index is 0.150. The highest BCUT2D eigenvalue weighted by atomic mass is 31.2. The van der Waals surface area contributed by atoms with E-state index in [1.807, 2.05) is 19.9 Å². The third-order valence-electron chi connectivity index (χ3n) is 6.69. The van der Waals surface area contributed by atoms with Gasteiger partial charge in [0, 0.05) is 30.2 Å². The maximum Gasteiger partial charge on any atom is 0.238 e. The number of Topliss-reactive ketones (excluding diaryl/α,β-unsaturated/α-hetero) is 1. The number of ketones is 1. The molecule has 2 aliphatic carbocycles. The van der Waals surface area contributed by atoms with E-state index in [9.17, 15) is 9.36 Å². The summed E-state index contributed by atoms with van der Waals surface area (Å²) in [5, 5.41) is 0. The molecule has 1 saturated heterocycles. The lowest BCUT2D eigenvalue weighted by Crippen LogP contribution is -2.37. The lowest BCUT2D eigenvalue weighted by molar-refractivity contribution is -0.120. The monoisotopic (exact) mass is 338 g/mol. The Morgan fingerprint density at radius 2 is 1.70 bits per heavy atom. The molecule has 0 aromatic carbocycles. The average molecular weight is 338 g/mol. The van der Waals surface area contributed by atoms with Crippen LogP contribution in [0.3, 0.4) is 0 Å². The van der Waals surface area contributed by atoms with E-state index >= 15 is 0 Å². The van der Waals surface area contributed by atoms with Gasteiger partial charge in [-0.25, -0.2) is 9.34 Å². The van der Waals surface area contributed by atoms with Crippen molar-refractivity contribution >= 4 is 13.2 Å². The minimum atomic E-state index is -2.59. The summed E-state index contributed by atoms with van der Waals surface area (Å²) in [5.41, 5.74) is 0. The van der Waals surface area contributed by atoms with Gasteiger partial charge in [-0.2, -0.15) is 0 Å². The number of rotatable bonds is 3. The van der Waals surface area contributed by atoms with Gasteiger partial charge in [0.2, 0.25) is 7.44 Å². The molecule has 5 heteroatoms. The molecule has 0 bridgehead atoms. The van der Waals surface area contributed by atoms with Gasteiger partial charge in [-0.15, -0.1) is 0 Å². The Bertz CT molecular complexity index is 525. The van der Waals surface area contributed by atoms with Crippen molar-refractivity contribution in [1.29, 1.82) is 0 Å². The van der Waals surface area contributed by atoms with Crippen molar-refractivity contribution in [2.24, 2.45) is 17.8 Å². The zero-order valence-corrected chi connectivity index (χ0v) is 15.8. The predicted octanol–water partition coefficient (Wildman–Crippen LogP) is 4.13. The molecule has 3 fully saturated rings. The maximum absolute atomic E-state index is 13.6. The summed E-state index contributed by atoms with van der Waals surface area (Å²) in [6.45, 7) is 4.22. The molecule has 130 valence electrons. The van der Waals surface area contributed by atoms with E-state index in [2.05, 4.69) is 29.3 Å². The largest absolute Gasteiger partial charge is 0.299 e. The molecule has 0 aromatic heterocycles. The zero-order valence-electron chi connectivity index (χ0n) is 14.9. The number of fused-ring (bicyclic) bond motifs is 1. The Morgan fingerprint density at radius 1 is 1.13 bits per heavy atom. The van der Waals surface area contributed by atoms with Crippen molar-refractivity contribution in [3.05, 3.63) is 11.9 Å². The van der Waals surface area contributed by atoms with Crippen LogP contribution < -0.4 is 0 Å². The van der Waals surface area contributed by atoms with Crippen LogP contribution >= 0.6 is 7.44 Å². The van der Waals surface area contributed by atoms with Gasteiger partial charge in [-0.05, 0) is 45.2 Å². The van der Waals surface area contributed by atoms with Crippen LogP contribution in [0.5, 0.6) is 0 Å². The van der Waals surface area contributed by atoms with E-state index in [1.165, 1.54) is 12.8 Å². The summed E-state index contributed by atoms with van der Waals surface area (Å²) < 4.78 is 17.9. The smallest absolute Gasteiger partial charge is 0.238 e. The van der Waals surface area contributed by atoms with Gasteiger partial charge in [0.15, 0.2) is 0 Å². The molecule has 0 N–H and O–H groups in total. The van der Waals surface area contributed by atoms with Gasteiger partial charge >= 0.3 is 0 Å². The third-order valence-corrected chi connectivity index (χ3v) is 9.65. The molecule has 0 radical (unpaired) electrons. The Balaban J connectivity index is 1.75. The van der Waals surface area contributed by atoms with Gasteiger partial charge in [0.05, 0.1) is 0 Å². The highest BCUT2D eigenvalue weighted by Crippen LogP contribution is 2.63. The molecule has 1 heterocycles. The van der Waals surface area contributed by atoms with Gasteiger partial charge in [-0.3, -0.25) is 9.36 Å². The first kappa shape index (κ1) is 17.4. The van der Waals surface area contributed by atoms with Gasteiger partial charge < -0.3 is 0 Å². The number of likely N-dealkylation sites (N-methyl/N-ethyl adjacent to an activating group) is 2. The van der Waals surface area contributed by atoms with Crippen LogP contribution in [-0.4, -0.2) is 41.3 Å². The number of nitrogens with zero attached hydrogens (tertiary/aromatic N) is 2. The molecule has 3 aliphatic rings. The van der Waals surface area contributed by atoms with Crippen molar-refractivity contribution < 1.29 is 9.36 Å². The average Bonchev–Trinajstić information content (AvgIpc) is 2.98. The first-order valence-electron chi connectivity index (χ1n) is 9.14. The van der Waals surface area contributed by atoms with E-state index in [1.54, 1.807) is 0 Å². The summed E-state index contributed by atoms with van der Waals surface area (Å²) in [6.07, 6.45) is 8.64. The molecular weight excluding hydrogens is 307 g/mol. The summed E-state index contributed by atoms with van der Waals surface area (Å²) in [5.74, 6) is 3.24. The molecule has 4 nitrogen and oxygen atoms in total. The zero-order chi connectivity index (χ0) is 16.8. The van der Waals surface area contributed by atoms with E-state index in [0.29, 0.717) is 36.1 Å². The van der Waals surface area contributed by atoms with Crippen molar-refractivity contribution in [2.75, 3.05) is 14.1 Å². The Labute approximate surface area is 140 Å². The second kappa shape index (κ2) is 6.46. The van der Waals surface area contributed by atoms with Crippen molar-refractivity contribution in [2.45, 2.75) is 64.5 Å². The van der Waals surface area contributed by atoms with Crippen LogP contribution in [0.15, 0.2) is 11.9 Å². The summed E-state index contributed by atoms with van der Waals surface area (Å²) in [6, 6.07) is 0.873. The normalized spacial score (nSPS) is 39.9. The van der Waals surface area contributed by atoms with E-state index in [-0.39, 0.29) is 5.92 Å². The highest BCUT2D eigenvalue weighted by molar-refractivity contribution is 7.62. The molecule has 2 saturated carbocycles. The molecule has 0 unspecified atom stereocenters. The van der Waals surface area contributed by atoms with Crippen molar-refractivity contribution in [1.82, 2.24) is 9.34 Å². The first-order chi connectivity index (χ1) is 10.9. The number of carbonyl (C=O) groups is 1. The standard InChI is InChI=1S/C18H31N2O2P/c1-13(15-9-10-18(21)14(15)2)11-12-23(22)19(3)16-7-5-6-8-17(16)20(23)4/h11-17H,5-10H2,1-4H3/b12-11+/t13-,14-,15-,16+,17+/m0/s1. The molecule has 1 aliphatic heterocycles. The fourth-order valence-electron chi connectivity index (χ4n) is 4.96. The molecule has 0 amide bonds. The Hall–Kier alpha value is -0.440. The van der Waals surface area contributed by atoms with Crippen LogP contribution in [0.1, 0.15) is 52.4 Å². The molecule has 0 aromatic rings. The van der Waals surface area contributed by atoms with Crippen molar-refractivity contribution in [3.63, 3.8) is 0 Å². The topological polar surface area (TPSA) is 40.6 Å². The molecule has 23 heavy (non-hydrogen) atoms. The molecule has 3 rings (SSSR count). The van der Waals surface area contributed by atoms with E-state index < -0.39 is 7.44 Å². The van der Waals surface area contributed by atoms with Crippen molar-refractivity contribution in [3.8, 4) is 0 Å². The highest BCUT2D eigenvalue weighted by Gasteiger charge is 2.50. The second-order valence-electron chi connectivity index (χ2n) is 7.81. The minimum Gasteiger partial charge on any atom is -0.299 e. The van der Waals surface area contributed by atoms with Gasteiger partial charge in [0.25, 0.3) is 0 Å². The predicted molar refractivity (Wildman–Crippen MR) is 94.4 cm³/mol. The first-order valence-corrected chi connectivity index (χ1v) is 10.8. The quantitative estimate of drug-likeness (QED) is 0.726. The summed E-state index contributed by atoms with van der Waals surface area (Å²) >= 11 is 0. The second-order valence-corrected chi connectivity index (χ2v) is 10.6. The maximum atomic E-state index is 13.6.